The summed E-state index contributed by atoms with van der Waals surface area (Å²) in [7, 11) is 0. The van der Waals surface area contributed by atoms with E-state index in [0.29, 0.717) is 16.6 Å². The molecule has 1 rings (SSSR count). The van der Waals surface area contributed by atoms with Gasteiger partial charge in [-0.2, -0.15) is 0 Å². The molecule has 1 unspecified atom stereocenters. The number of nitro groups is 1. The molecule has 0 saturated heterocycles. The van der Waals surface area contributed by atoms with Crippen LogP contribution in [-0.2, 0) is 4.79 Å². The van der Waals surface area contributed by atoms with E-state index in [4.69, 9.17) is 5.73 Å². The molecule has 92 valence electrons. The van der Waals surface area contributed by atoms with Crippen LogP contribution in [0.1, 0.15) is 13.3 Å². The summed E-state index contributed by atoms with van der Waals surface area (Å²) in [4.78, 5) is 21.6. The number of hydrogen-bond acceptors (Lipinski definition) is 4. The standard InChI is InChI=1S/C10H12BrN3O3/c1-2-8(12)10(15)13-9-5-6(14(16)17)3-4-7(9)11/h3-5,8H,2,12H2,1H3,(H,13,15). The highest BCUT2D eigenvalue weighted by Gasteiger charge is 2.15. The largest absolute Gasteiger partial charge is 0.323 e. The fourth-order valence-electron chi connectivity index (χ4n) is 1.13. The lowest BCUT2D eigenvalue weighted by atomic mass is 10.2. The van der Waals surface area contributed by atoms with Crippen LogP contribution < -0.4 is 11.1 Å². The van der Waals surface area contributed by atoms with Crippen molar-refractivity contribution in [2.75, 3.05) is 5.32 Å². The molecule has 1 atom stereocenters. The minimum Gasteiger partial charge on any atom is -0.323 e. The first-order chi connectivity index (χ1) is 7.95. The lowest BCUT2D eigenvalue weighted by Crippen LogP contribution is -2.34. The summed E-state index contributed by atoms with van der Waals surface area (Å²) >= 11 is 3.20. The molecular formula is C10H12BrN3O3. The van der Waals surface area contributed by atoms with Crippen molar-refractivity contribution in [3.63, 3.8) is 0 Å². The Morgan fingerprint density at radius 3 is 2.82 bits per heavy atom. The summed E-state index contributed by atoms with van der Waals surface area (Å²) in [5, 5.41) is 13.1. The van der Waals surface area contributed by atoms with Crippen molar-refractivity contribution in [1.82, 2.24) is 0 Å². The maximum absolute atomic E-state index is 11.6. The third kappa shape index (κ3) is 3.50. The Kier molecular flexibility index (Phi) is 4.59. The van der Waals surface area contributed by atoms with E-state index in [1.165, 1.54) is 18.2 Å². The van der Waals surface area contributed by atoms with Gasteiger partial charge in [0.05, 0.1) is 16.7 Å². The zero-order valence-corrected chi connectivity index (χ0v) is 10.7. The number of nitrogens with two attached hydrogens (primary N) is 1. The molecule has 0 aliphatic carbocycles. The van der Waals surface area contributed by atoms with Gasteiger partial charge in [0.2, 0.25) is 5.91 Å². The number of benzene rings is 1. The Morgan fingerprint density at radius 1 is 1.65 bits per heavy atom. The van der Waals surface area contributed by atoms with Gasteiger partial charge in [0.1, 0.15) is 0 Å². The molecule has 17 heavy (non-hydrogen) atoms. The number of nitrogens with zero attached hydrogens (tertiary/aromatic N) is 1. The third-order valence-corrected chi connectivity index (χ3v) is 2.89. The van der Waals surface area contributed by atoms with Gasteiger partial charge in [-0.15, -0.1) is 0 Å². The van der Waals surface area contributed by atoms with Crippen molar-refractivity contribution < 1.29 is 9.72 Å². The predicted molar refractivity (Wildman–Crippen MR) is 67.7 cm³/mol. The molecule has 0 aromatic heterocycles. The molecule has 0 aliphatic heterocycles. The molecule has 0 heterocycles. The van der Waals surface area contributed by atoms with Crippen LogP contribution in [0.5, 0.6) is 0 Å². The zero-order chi connectivity index (χ0) is 13.0. The summed E-state index contributed by atoms with van der Waals surface area (Å²) in [5.74, 6) is -0.367. The number of nitro benzene ring substituents is 1. The van der Waals surface area contributed by atoms with Crippen LogP contribution in [-0.4, -0.2) is 16.9 Å². The maximum atomic E-state index is 11.6. The highest BCUT2D eigenvalue weighted by atomic mass is 79.9. The van der Waals surface area contributed by atoms with E-state index in [-0.39, 0.29) is 11.6 Å². The number of anilines is 1. The van der Waals surface area contributed by atoms with Gasteiger partial charge in [-0.1, -0.05) is 6.92 Å². The monoisotopic (exact) mass is 301 g/mol. The fourth-order valence-corrected chi connectivity index (χ4v) is 1.48. The van der Waals surface area contributed by atoms with E-state index in [1.807, 2.05) is 0 Å². The molecule has 3 N–H and O–H groups in total. The molecule has 6 nitrogen and oxygen atoms in total. The van der Waals surface area contributed by atoms with Crippen LogP contribution in [0, 0.1) is 10.1 Å². The average Bonchev–Trinajstić information content (AvgIpc) is 2.30. The van der Waals surface area contributed by atoms with E-state index in [2.05, 4.69) is 21.2 Å². The SMILES string of the molecule is CCC(N)C(=O)Nc1cc([N+](=O)[O-])ccc1Br. The molecule has 0 saturated carbocycles. The van der Waals surface area contributed by atoms with Crippen molar-refractivity contribution >= 4 is 33.2 Å². The average molecular weight is 302 g/mol. The van der Waals surface area contributed by atoms with Crippen molar-refractivity contribution in [3.05, 3.63) is 32.8 Å². The van der Waals surface area contributed by atoms with Gasteiger partial charge in [0.15, 0.2) is 0 Å². The first-order valence-corrected chi connectivity index (χ1v) is 5.75. The van der Waals surface area contributed by atoms with Crippen LogP contribution in [0.2, 0.25) is 0 Å². The summed E-state index contributed by atoms with van der Waals surface area (Å²) in [5.41, 5.74) is 5.80. The van der Waals surface area contributed by atoms with Gasteiger partial charge in [-0.3, -0.25) is 14.9 Å². The molecular weight excluding hydrogens is 290 g/mol. The summed E-state index contributed by atoms with van der Waals surface area (Å²) < 4.78 is 0.569. The Bertz CT molecular complexity index is 450. The van der Waals surface area contributed by atoms with Gasteiger partial charge in [0.25, 0.3) is 5.69 Å². The number of hydrogen-bond donors (Lipinski definition) is 2. The molecule has 0 spiro atoms. The fraction of sp³-hybridized carbons (Fsp3) is 0.300. The van der Waals surface area contributed by atoms with Crippen molar-refractivity contribution in [2.24, 2.45) is 5.73 Å². The Morgan fingerprint density at radius 2 is 2.29 bits per heavy atom. The van der Waals surface area contributed by atoms with Crippen LogP contribution in [0.3, 0.4) is 0 Å². The molecule has 1 amide bonds. The van der Waals surface area contributed by atoms with E-state index in [9.17, 15) is 14.9 Å². The van der Waals surface area contributed by atoms with Gasteiger partial charge in [-0.25, -0.2) is 0 Å². The van der Waals surface area contributed by atoms with Gasteiger partial charge >= 0.3 is 0 Å². The predicted octanol–water partition coefficient (Wildman–Crippen LogP) is 2.03. The number of carbonyl (C=O) groups excluding carboxylic acids is 1. The normalized spacial score (nSPS) is 11.9. The molecule has 1 aromatic carbocycles. The number of rotatable bonds is 4. The highest BCUT2D eigenvalue weighted by Crippen LogP contribution is 2.27. The lowest BCUT2D eigenvalue weighted by molar-refractivity contribution is -0.384. The van der Waals surface area contributed by atoms with Crippen molar-refractivity contribution in [3.8, 4) is 0 Å². The van der Waals surface area contributed by atoms with Crippen LogP contribution in [0.4, 0.5) is 11.4 Å². The second kappa shape index (κ2) is 5.74. The minimum atomic E-state index is -0.624. The van der Waals surface area contributed by atoms with E-state index in [0.717, 1.165) is 0 Å². The number of halogens is 1. The Hall–Kier alpha value is -1.47. The first-order valence-electron chi connectivity index (χ1n) is 4.96. The van der Waals surface area contributed by atoms with E-state index in [1.54, 1.807) is 6.92 Å². The van der Waals surface area contributed by atoms with Crippen molar-refractivity contribution in [2.45, 2.75) is 19.4 Å². The molecule has 0 radical (unpaired) electrons. The number of non-ortho nitro benzene ring substituents is 1. The topological polar surface area (TPSA) is 98.3 Å². The zero-order valence-electron chi connectivity index (χ0n) is 9.14. The quantitative estimate of drug-likeness (QED) is 0.656. The van der Waals surface area contributed by atoms with Gasteiger partial charge in [-0.05, 0) is 28.4 Å². The van der Waals surface area contributed by atoms with Crippen LogP contribution in [0.15, 0.2) is 22.7 Å². The molecule has 0 aliphatic rings. The number of carbonyl (C=O) groups is 1. The second-order valence-electron chi connectivity index (χ2n) is 3.43. The first kappa shape index (κ1) is 13.6. The molecule has 0 bridgehead atoms. The summed E-state index contributed by atoms with van der Waals surface area (Å²) in [6.45, 7) is 1.78. The summed E-state index contributed by atoms with van der Waals surface area (Å²) in [6.07, 6.45) is 0.498. The number of nitrogens with one attached hydrogen (secondary N) is 1. The molecule has 0 fully saturated rings. The van der Waals surface area contributed by atoms with Gasteiger partial charge < -0.3 is 11.1 Å². The van der Waals surface area contributed by atoms with Crippen molar-refractivity contribution in [1.29, 1.82) is 0 Å². The smallest absolute Gasteiger partial charge is 0.271 e. The van der Waals surface area contributed by atoms with E-state index >= 15 is 0 Å². The van der Waals surface area contributed by atoms with Crippen LogP contribution in [0.25, 0.3) is 0 Å². The maximum Gasteiger partial charge on any atom is 0.271 e. The Balaban J connectivity index is 2.94. The minimum absolute atomic E-state index is 0.0893. The van der Waals surface area contributed by atoms with Crippen LogP contribution >= 0.6 is 15.9 Å². The molecule has 1 aromatic rings. The summed E-state index contributed by atoms with van der Waals surface area (Å²) in [6, 6.07) is 3.51. The highest BCUT2D eigenvalue weighted by molar-refractivity contribution is 9.10. The third-order valence-electron chi connectivity index (χ3n) is 2.20. The van der Waals surface area contributed by atoms with Gasteiger partial charge in [0, 0.05) is 16.6 Å². The second-order valence-corrected chi connectivity index (χ2v) is 4.28. The number of amides is 1. The Labute approximate surface area is 106 Å². The molecule has 7 heteroatoms. The lowest BCUT2D eigenvalue weighted by Gasteiger charge is -2.11. The van der Waals surface area contributed by atoms with E-state index < -0.39 is 11.0 Å².